The number of hydrogen-bond acceptors (Lipinski definition) is 5. The van der Waals surface area contributed by atoms with Crippen molar-refractivity contribution >= 4 is 24.6 Å². The molecule has 3 rings (SSSR count). The molecule has 2 fully saturated rings. The van der Waals surface area contributed by atoms with Crippen molar-refractivity contribution in [3.8, 4) is 0 Å². The summed E-state index contributed by atoms with van der Waals surface area (Å²) in [6.07, 6.45) is -0.385. The summed E-state index contributed by atoms with van der Waals surface area (Å²) >= 11 is 0. The molecule has 2 aliphatic rings. The van der Waals surface area contributed by atoms with Gasteiger partial charge in [0.15, 0.2) is 0 Å². The van der Waals surface area contributed by atoms with Gasteiger partial charge in [0.05, 0.1) is 11.2 Å². The zero-order valence-electron chi connectivity index (χ0n) is 19.5. The average molecular weight is 434 g/mol. The first kappa shape index (κ1) is 23.5. The van der Waals surface area contributed by atoms with Crippen molar-refractivity contribution in [1.82, 2.24) is 9.80 Å². The van der Waals surface area contributed by atoms with E-state index >= 15 is 0 Å². The van der Waals surface area contributed by atoms with E-state index in [2.05, 4.69) is 0 Å². The first-order valence-electron chi connectivity index (χ1n) is 10.6. The zero-order chi connectivity index (χ0) is 23.2. The lowest BCUT2D eigenvalue weighted by molar-refractivity contribution is 0.00578. The average Bonchev–Trinajstić information content (AvgIpc) is 2.87. The van der Waals surface area contributed by atoms with Crippen molar-refractivity contribution < 1.29 is 28.0 Å². The van der Waals surface area contributed by atoms with E-state index in [1.807, 2.05) is 48.5 Å². The van der Waals surface area contributed by atoms with Crippen LogP contribution in [0.5, 0.6) is 0 Å². The summed E-state index contributed by atoms with van der Waals surface area (Å²) in [5, 5.41) is 0. The molecule has 0 radical (unpaired) electrons. The Balaban J connectivity index is 1.69. The molecule has 31 heavy (non-hydrogen) atoms. The van der Waals surface area contributed by atoms with Gasteiger partial charge in [-0.2, -0.15) is 0 Å². The zero-order valence-corrected chi connectivity index (χ0v) is 19.5. The molecule has 0 bridgehead atoms. The monoisotopic (exact) mass is 434 g/mol. The third-order valence-electron chi connectivity index (χ3n) is 5.97. The van der Waals surface area contributed by atoms with E-state index in [1.165, 1.54) is 18.2 Å². The van der Waals surface area contributed by atoms with E-state index in [0.29, 0.717) is 31.7 Å². The number of ether oxygens (including phenoxy) is 1. The highest BCUT2D eigenvalue weighted by molar-refractivity contribution is 6.62. The fraction of sp³-hybridized carbons (Fsp3) is 0.636. The Kier molecular flexibility index (Phi) is 6.14. The number of amides is 2. The fourth-order valence-corrected chi connectivity index (χ4v) is 3.43. The van der Waals surface area contributed by atoms with Crippen LogP contribution in [0.3, 0.4) is 0 Å². The van der Waals surface area contributed by atoms with Gasteiger partial charge < -0.3 is 23.8 Å². The smallest absolute Gasteiger partial charge is 0.444 e. The maximum absolute atomic E-state index is 14.6. The van der Waals surface area contributed by atoms with Gasteiger partial charge in [0.1, 0.15) is 11.4 Å². The van der Waals surface area contributed by atoms with Crippen molar-refractivity contribution in [2.24, 2.45) is 0 Å². The molecule has 1 aromatic rings. The summed E-state index contributed by atoms with van der Waals surface area (Å²) in [7, 11) is -0.887. The van der Waals surface area contributed by atoms with E-state index in [0.717, 1.165) is 0 Å². The third kappa shape index (κ3) is 5.04. The minimum Gasteiger partial charge on any atom is -0.444 e. The molecule has 2 aliphatic heterocycles. The Morgan fingerprint density at radius 1 is 1.00 bits per heavy atom. The number of benzene rings is 1. The predicted molar refractivity (Wildman–Crippen MR) is 116 cm³/mol. The van der Waals surface area contributed by atoms with Crippen LogP contribution in [-0.2, 0) is 14.0 Å². The van der Waals surface area contributed by atoms with Crippen LogP contribution in [-0.4, -0.2) is 71.9 Å². The van der Waals surface area contributed by atoms with Crippen molar-refractivity contribution in [3.63, 3.8) is 0 Å². The van der Waals surface area contributed by atoms with Gasteiger partial charge in [-0.3, -0.25) is 4.79 Å². The van der Waals surface area contributed by atoms with Crippen LogP contribution in [0.1, 0.15) is 58.8 Å². The number of hydrogen-bond donors (Lipinski definition) is 0. The Morgan fingerprint density at radius 3 is 2.03 bits per heavy atom. The largest absolute Gasteiger partial charge is 0.497 e. The highest BCUT2D eigenvalue weighted by Crippen LogP contribution is 2.36. The number of rotatable bonds is 2. The number of halogens is 1. The molecule has 9 heteroatoms. The van der Waals surface area contributed by atoms with Crippen molar-refractivity contribution in [2.45, 2.75) is 65.3 Å². The number of carbonyl (C=O) groups is 2. The van der Waals surface area contributed by atoms with Crippen molar-refractivity contribution in [3.05, 3.63) is 29.6 Å². The first-order valence-corrected chi connectivity index (χ1v) is 10.6. The Hall–Kier alpha value is -2.13. The molecule has 0 aliphatic carbocycles. The third-order valence-corrected chi connectivity index (χ3v) is 5.97. The molecule has 7 nitrogen and oxygen atoms in total. The van der Waals surface area contributed by atoms with E-state index < -0.39 is 29.7 Å². The second-order valence-corrected chi connectivity index (χ2v) is 10.1. The molecule has 0 spiro atoms. The van der Waals surface area contributed by atoms with Crippen LogP contribution in [0.15, 0.2) is 18.2 Å². The van der Waals surface area contributed by atoms with Gasteiger partial charge in [-0.05, 0) is 66.7 Å². The van der Waals surface area contributed by atoms with Gasteiger partial charge in [-0.25, -0.2) is 9.18 Å². The number of nitrogens with zero attached hydrogens (tertiary/aromatic N) is 2. The number of piperazine rings is 1. The van der Waals surface area contributed by atoms with Crippen LogP contribution in [0.25, 0.3) is 0 Å². The Labute approximate surface area is 184 Å². The van der Waals surface area contributed by atoms with E-state index in [9.17, 15) is 14.0 Å². The van der Waals surface area contributed by atoms with E-state index in [-0.39, 0.29) is 17.5 Å². The lowest BCUT2D eigenvalue weighted by Gasteiger charge is -2.35. The molecule has 2 saturated heterocycles. The molecule has 0 saturated carbocycles. The second kappa shape index (κ2) is 8.09. The number of carbonyl (C=O) groups excluding carboxylic acids is 2. The van der Waals surface area contributed by atoms with E-state index in [4.69, 9.17) is 14.0 Å². The standard InChI is InChI=1S/C22H32BFN2O5/c1-20(2,3)29-19(28)26-12-10-25(11-13-26)18(27)15-8-9-17(24)16(14-15)23-30-21(4,5)22(6,7)31-23/h8-9,14H,10-13H2,1-7H3. The molecule has 0 unspecified atom stereocenters. The van der Waals surface area contributed by atoms with Crippen LogP contribution in [0, 0.1) is 5.82 Å². The predicted octanol–water partition coefficient (Wildman–Crippen LogP) is 2.82. The second-order valence-electron chi connectivity index (χ2n) is 10.1. The van der Waals surface area contributed by atoms with Crippen LogP contribution in [0.2, 0.25) is 0 Å². The molecule has 1 aromatic carbocycles. The quantitative estimate of drug-likeness (QED) is 0.670. The molecule has 2 amide bonds. The minimum absolute atomic E-state index is 0.205. The van der Waals surface area contributed by atoms with E-state index in [1.54, 1.807) is 9.80 Å². The van der Waals surface area contributed by atoms with Gasteiger partial charge >= 0.3 is 13.2 Å². The minimum atomic E-state index is -0.887. The molecule has 0 atom stereocenters. The van der Waals surface area contributed by atoms with Crippen LogP contribution in [0.4, 0.5) is 9.18 Å². The molecular weight excluding hydrogens is 402 g/mol. The summed E-state index contributed by atoms with van der Waals surface area (Å²) in [4.78, 5) is 28.5. The maximum atomic E-state index is 14.6. The van der Waals surface area contributed by atoms with Crippen molar-refractivity contribution in [1.29, 1.82) is 0 Å². The first-order chi connectivity index (χ1) is 14.2. The maximum Gasteiger partial charge on any atom is 0.497 e. The molecule has 0 aromatic heterocycles. The summed E-state index contributed by atoms with van der Waals surface area (Å²) < 4.78 is 31.8. The van der Waals surface area contributed by atoms with Gasteiger partial charge in [0, 0.05) is 37.2 Å². The summed E-state index contributed by atoms with van der Waals surface area (Å²) in [5.41, 5.74) is -1.22. The SMILES string of the molecule is CC(C)(C)OC(=O)N1CCN(C(=O)c2ccc(F)c(B3OC(C)(C)C(C)(C)O3)c2)CC1. The molecule has 0 N–H and O–H groups in total. The summed E-state index contributed by atoms with van der Waals surface area (Å²) in [6.45, 7) is 14.5. The van der Waals surface area contributed by atoms with Crippen molar-refractivity contribution in [2.75, 3.05) is 26.2 Å². The van der Waals surface area contributed by atoms with Gasteiger partial charge in [0.2, 0.25) is 0 Å². The lowest BCUT2D eigenvalue weighted by atomic mass is 9.78. The van der Waals surface area contributed by atoms with Gasteiger partial charge in [0.25, 0.3) is 5.91 Å². The summed E-state index contributed by atoms with van der Waals surface area (Å²) in [5.74, 6) is -0.702. The van der Waals surface area contributed by atoms with Crippen LogP contribution >= 0.6 is 0 Å². The molecule has 170 valence electrons. The fourth-order valence-electron chi connectivity index (χ4n) is 3.43. The summed E-state index contributed by atoms with van der Waals surface area (Å²) in [6, 6.07) is 4.23. The molecular formula is C22H32BFN2O5. The van der Waals surface area contributed by atoms with Gasteiger partial charge in [-0.15, -0.1) is 0 Å². The normalized spacial score (nSPS) is 20.7. The van der Waals surface area contributed by atoms with Gasteiger partial charge in [-0.1, -0.05) is 0 Å². The Bertz CT molecular complexity index is 844. The highest BCUT2D eigenvalue weighted by Gasteiger charge is 2.52. The lowest BCUT2D eigenvalue weighted by Crippen LogP contribution is -2.51. The topological polar surface area (TPSA) is 68.3 Å². The molecule has 2 heterocycles. The highest BCUT2D eigenvalue weighted by atomic mass is 19.1. The van der Waals surface area contributed by atoms with Crippen LogP contribution < -0.4 is 5.46 Å². The Morgan fingerprint density at radius 2 is 1.52 bits per heavy atom.